The average Bonchev–Trinajstić information content (AvgIpc) is 2.40. The molecule has 4 nitrogen and oxygen atoms in total. The first kappa shape index (κ1) is 17.3. The molecule has 0 heterocycles. The lowest BCUT2D eigenvalue weighted by Gasteiger charge is -2.18. The number of rotatable bonds is 9. The second kappa shape index (κ2) is 8.49. The molecule has 1 atom stereocenters. The molecule has 0 saturated carbocycles. The number of halogens is 1. The summed E-state index contributed by atoms with van der Waals surface area (Å²) in [5, 5.41) is 3.29. The minimum Gasteiger partial charge on any atom is -0.383 e. The molecule has 0 aromatic heterocycles. The van der Waals surface area contributed by atoms with Crippen LogP contribution in [0.4, 0.5) is 5.69 Å². The maximum Gasteiger partial charge on any atom is 0.178 e. The quantitative estimate of drug-likeness (QED) is 0.711. The number of hydrogen-bond donors (Lipinski definition) is 1. The molecule has 1 aromatic carbocycles. The molecule has 0 aliphatic heterocycles. The summed E-state index contributed by atoms with van der Waals surface area (Å²) in [5.41, 5.74) is 0.868. The summed E-state index contributed by atoms with van der Waals surface area (Å²) in [5.74, 6) is 0.725. The maximum atomic E-state index is 11.9. The number of hydrogen-bond acceptors (Lipinski definition) is 4. The molecule has 1 aromatic rings. The summed E-state index contributed by atoms with van der Waals surface area (Å²) in [7, 11) is -1.51. The highest BCUT2D eigenvalue weighted by atomic mass is 35.5. The van der Waals surface area contributed by atoms with Gasteiger partial charge in [-0.25, -0.2) is 8.42 Å². The number of nitrogens with one attached hydrogen (secondary N) is 1. The van der Waals surface area contributed by atoms with E-state index in [9.17, 15) is 8.42 Å². The van der Waals surface area contributed by atoms with Crippen molar-refractivity contribution in [3.8, 4) is 0 Å². The van der Waals surface area contributed by atoms with E-state index in [0.717, 1.165) is 12.1 Å². The molecule has 114 valence electrons. The lowest BCUT2D eigenvalue weighted by atomic mass is 10.2. The number of methoxy groups -OCH3 is 1. The van der Waals surface area contributed by atoms with E-state index in [0.29, 0.717) is 23.8 Å². The second-order valence-corrected chi connectivity index (χ2v) is 7.10. The largest absolute Gasteiger partial charge is 0.383 e. The van der Waals surface area contributed by atoms with Gasteiger partial charge in [0.15, 0.2) is 9.84 Å². The zero-order valence-corrected chi connectivity index (χ0v) is 13.5. The Labute approximate surface area is 126 Å². The average molecular weight is 320 g/mol. The van der Waals surface area contributed by atoms with Crippen molar-refractivity contribution >= 4 is 27.1 Å². The van der Waals surface area contributed by atoms with E-state index in [-0.39, 0.29) is 11.8 Å². The third kappa shape index (κ3) is 5.31. The molecule has 1 unspecified atom stereocenters. The predicted molar refractivity (Wildman–Crippen MR) is 83.4 cm³/mol. The standard InChI is InChI=1S/C14H22ClNO3S/c1-3-10-20(17,18)14-6-4-12(5-7-14)16-13(8-9-15)11-19-2/h4-7,13,16H,3,8-11H2,1-2H3. The van der Waals surface area contributed by atoms with Gasteiger partial charge in [0, 0.05) is 18.7 Å². The fourth-order valence-electron chi connectivity index (χ4n) is 1.91. The van der Waals surface area contributed by atoms with Gasteiger partial charge in [-0.2, -0.15) is 0 Å². The zero-order chi connectivity index (χ0) is 15.0. The summed E-state index contributed by atoms with van der Waals surface area (Å²) < 4.78 is 28.9. The van der Waals surface area contributed by atoms with Crippen molar-refractivity contribution in [2.24, 2.45) is 0 Å². The topological polar surface area (TPSA) is 55.4 Å². The first-order valence-corrected chi connectivity index (χ1v) is 8.86. The Morgan fingerprint density at radius 3 is 2.45 bits per heavy atom. The highest BCUT2D eigenvalue weighted by Gasteiger charge is 2.13. The van der Waals surface area contributed by atoms with Gasteiger partial charge in [-0.3, -0.25) is 0 Å². The highest BCUT2D eigenvalue weighted by Crippen LogP contribution is 2.17. The number of alkyl halides is 1. The molecule has 0 aliphatic carbocycles. The third-order valence-electron chi connectivity index (χ3n) is 2.88. The van der Waals surface area contributed by atoms with Crippen molar-refractivity contribution in [1.29, 1.82) is 0 Å². The van der Waals surface area contributed by atoms with Crippen molar-refractivity contribution in [3.05, 3.63) is 24.3 Å². The molecule has 1 N–H and O–H groups in total. The monoisotopic (exact) mass is 319 g/mol. The second-order valence-electron chi connectivity index (χ2n) is 4.62. The Balaban J connectivity index is 2.75. The van der Waals surface area contributed by atoms with Gasteiger partial charge in [-0.05, 0) is 37.1 Å². The normalized spacial score (nSPS) is 13.2. The van der Waals surface area contributed by atoms with Gasteiger partial charge < -0.3 is 10.1 Å². The molecule has 0 amide bonds. The molecular weight excluding hydrogens is 298 g/mol. The van der Waals surface area contributed by atoms with Crippen molar-refractivity contribution in [1.82, 2.24) is 0 Å². The third-order valence-corrected chi connectivity index (χ3v) is 5.04. The molecule has 20 heavy (non-hydrogen) atoms. The lowest BCUT2D eigenvalue weighted by molar-refractivity contribution is 0.184. The van der Waals surface area contributed by atoms with E-state index < -0.39 is 9.84 Å². The van der Waals surface area contributed by atoms with E-state index in [4.69, 9.17) is 16.3 Å². The molecule has 0 bridgehead atoms. The summed E-state index contributed by atoms with van der Waals surface area (Å²) in [6.45, 7) is 2.41. The number of ether oxygens (including phenoxy) is 1. The van der Waals surface area contributed by atoms with Crippen LogP contribution in [0.5, 0.6) is 0 Å². The smallest absolute Gasteiger partial charge is 0.178 e. The summed E-state index contributed by atoms with van der Waals surface area (Å²) in [6, 6.07) is 6.95. The van der Waals surface area contributed by atoms with Gasteiger partial charge in [0.25, 0.3) is 0 Å². The lowest BCUT2D eigenvalue weighted by Crippen LogP contribution is -2.25. The van der Waals surface area contributed by atoms with Crippen molar-refractivity contribution in [2.75, 3.05) is 30.7 Å². The first-order valence-electron chi connectivity index (χ1n) is 6.67. The van der Waals surface area contributed by atoms with Crippen molar-refractivity contribution < 1.29 is 13.2 Å². The molecule has 0 saturated heterocycles. The van der Waals surface area contributed by atoms with Crippen LogP contribution in [0.1, 0.15) is 19.8 Å². The van der Waals surface area contributed by atoms with Gasteiger partial charge in [0.05, 0.1) is 23.3 Å². The number of anilines is 1. The van der Waals surface area contributed by atoms with Crippen LogP contribution in [0.25, 0.3) is 0 Å². The predicted octanol–water partition coefficient (Wildman–Crippen LogP) is 2.93. The van der Waals surface area contributed by atoms with Gasteiger partial charge in [-0.15, -0.1) is 11.6 Å². The van der Waals surface area contributed by atoms with E-state index >= 15 is 0 Å². The van der Waals surface area contributed by atoms with Crippen molar-refractivity contribution in [3.63, 3.8) is 0 Å². The van der Waals surface area contributed by atoms with Gasteiger partial charge in [-0.1, -0.05) is 6.92 Å². The number of sulfone groups is 1. The van der Waals surface area contributed by atoms with E-state index in [1.165, 1.54) is 0 Å². The molecule has 6 heteroatoms. The molecule has 0 aliphatic rings. The van der Waals surface area contributed by atoms with E-state index in [1.807, 2.05) is 6.92 Å². The van der Waals surface area contributed by atoms with E-state index in [2.05, 4.69) is 5.32 Å². The Bertz CT molecular complexity index is 482. The summed E-state index contributed by atoms with van der Waals surface area (Å²) >= 11 is 5.74. The molecule has 0 radical (unpaired) electrons. The van der Waals surface area contributed by atoms with Crippen LogP contribution in [0.2, 0.25) is 0 Å². The zero-order valence-electron chi connectivity index (χ0n) is 11.9. The van der Waals surface area contributed by atoms with Crippen LogP contribution < -0.4 is 5.32 Å². The minimum atomic E-state index is -3.15. The van der Waals surface area contributed by atoms with Crippen LogP contribution in [0, 0.1) is 0 Å². The Hall–Kier alpha value is -0.780. The van der Waals surface area contributed by atoms with Crippen LogP contribution in [-0.4, -0.2) is 39.8 Å². The summed E-state index contributed by atoms with van der Waals surface area (Å²) in [6.07, 6.45) is 1.40. The fourth-order valence-corrected chi connectivity index (χ4v) is 3.50. The van der Waals surface area contributed by atoms with Crippen LogP contribution >= 0.6 is 11.6 Å². The van der Waals surface area contributed by atoms with Gasteiger partial charge in [0.1, 0.15) is 0 Å². The minimum absolute atomic E-state index is 0.121. The van der Waals surface area contributed by atoms with Crippen LogP contribution in [-0.2, 0) is 14.6 Å². The molecular formula is C14H22ClNO3S. The molecule has 1 rings (SSSR count). The molecule has 0 fully saturated rings. The maximum absolute atomic E-state index is 11.9. The van der Waals surface area contributed by atoms with Gasteiger partial charge >= 0.3 is 0 Å². The number of benzene rings is 1. The Morgan fingerprint density at radius 1 is 1.30 bits per heavy atom. The van der Waals surface area contributed by atoms with Crippen LogP contribution in [0.3, 0.4) is 0 Å². The summed E-state index contributed by atoms with van der Waals surface area (Å²) in [4.78, 5) is 0.366. The highest BCUT2D eigenvalue weighted by molar-refractivity contribution is 7.91. The first-order chi connectivity index (χ1) is 9.53. The SMILES string of the molecule is CCCS(=O)(=O)c1ccc(NC(CCCl)COC)cc1. The Morgan fingerprint density at radius 2 is 1.95 bits per heavy atom. The Kier molecular flexibility index (Phi) is 7.34. The van der Waals surface area contributed by atoms with E-state index in [1.54, 1.807) is 31.4 Å². The van der Waals surface area contributed by atoms with Crippen molar-refractivity contribution in [2.45, 2.75) is 30.7 Å². The van der Waals surface area contributed by atoms with Crippen LogP contribution in [0.15, 0.2) is 29.2 Å². The molecule has 0 spiro atoms. The fraction of sp³-hybridized carbons (Fsp3) is 0.571. The van der Waals surface area contributed by atoms with Gasteiger partial charge in [0.2, 0.25) is 0 Å².